The highest BCUT2D eigenvalue weighted by Gasteiger charge is 2.12. The Morgan fingerprint density at radius 1 is 0.926 bits per heavy atom. The quantitative estimate of drug-likeness (QED) is 0.657. The first-order valence-corrected chi connectivity index (χ1v) is 8.55. The van der Waals surface area contributed by atoms with Gasteiger partial charge in [0.15, 0.2) is 6.61 Å². The van der Waals surface area contributed by atoms with Crippen LogP contribution < -0.4 is 20.9 Å². The van der Waals surface area contributed by atoms with Crippen molar-refractivity contribution in [3.63, 3.8) is 0 Å². The van der Waals surface area contributed by atoms with E-state index in [1.165, 1.54) is 0 Å². The molecule has 27 heavy (non-hydrogen) atoms. The summed E-state index contributed by atoms with van der Waals surface area (Å²) in [4.78, 5) is 35.5. The van der Waals surface area contributed by atoms with Crippen LogP contribution in [-0.4, -0.2) is 30.9 Å². The Balaban J connectivity index is 1.73. The third-order valence-electron chi connectivity index (χ3n) is 3.63. The highest BCUT2D eigenvalue weighted by molar-refractivity contribution is 6.33. The fourth-order valence-electron chi connectivity index (χ4n) is 2.29. The molecule has 0 aliphatic rings. The molecule has 7 nitrogen and oxygen atoms in total. The number of ether oxygens (including phenoxy) is 1. The Hall–Kier alpha value is -3.06. The zero-order valence-corrected chi connectivity index (χ0v) is 15.7. The zero-order valence-electron chi connectivity index (χ0n) is 15.0. The number of hydrogen-bond donors (Lipinski definition) is 3. The van der Waals surface area contributed by atoms with Crippen molar-refractivity contribution in [2.45, 2.75) is 13.8 Å². The maximum absolute atomic E-state index is 11.9. The van der Waals surface area contributed by atoms with Gasteiger partial charge < -0.3 is 10.1 Å². The van der Waals surface area contributed by atoms with Gasteiger partial charge in [0.05, 0.1) is 17.1 Å². The molecule has 0 unspecified atom stereocenters. The lowest BCUT2D eigenvalue weighted by molar-refractivity contribution is -0.129. The lowest BCUT2D eigenvalue weighted by Gasteiger charge is -2.12. The van der Waals surface area contributed by atoms with Crippen molar-refractivity contribution in [1.29, 1.82) is 0 Å². The van der Waals surface area contributed by atoms with E-state index in [4.69, 9.17) is 16.3 Å². The van der Waals surface area contributed by atoms with Crippen molar-refractivity contribution in [3.8, 4) is 5.75 Å². The van der Waals surface area contributed by atoms with Crippen LogP contribution in [0.15, 0.2) is 42.5 Å². The van der Waals surface area contributed by atoms with Crippen LogP contribution in [0.3, 0.4) is 0 Å². The highest BCUT2D eigenvalue weighted by atomic mass is 35.5. The Morgan fingerprint density at radius 2 is 1.56 bits per heavy atom. The summed E-state index contributed by atoms with van der Waals surface area (Å²) in [7, 11) is 0. The molecule has 0 fully saturated rings. The maximum atomic E-state index is 11.9. The molecule has 0 aromatic heterocycles. The Bertz CT molecular complexity index is 834. The first-order valence-electron chi connectivity index (χ1n) is 8.18. The minimum absolute atomic E-state index is 0.252. The fraction of sp³-hybridized carbons (Fsp3) is 0.211. The third-order valence-corrected chi connectivity index (χ3v) is 3.96. The first-order chi connectivity index (χ1) is 12.9. The van der Waals surface area contributed by atoms with Crippen molar-refractivity contribution in [2.75, 3.05) is 13.2 Å². The van der Waals surface area contributed by atoms with Crippen LogP contribution in [0.2, 0.25) is 5.02 Å². The van der Waals surface area contributed by atoms with Gasteiger partial charge in [0, 0.05) is 0 Å². The van der Waals surface area contributed by atoms with E-state index >= 15 is 0 Å². The molecule has 142 valence electrons. The van der Waals surface area contributed by atoms with Gasteiger partial charge in [0.25, 0.3) is 17.7 Å². The zero-order chi connectivity index (χ0) is 19.8. The van der Waals surface area contributed by atoms with E-state index in [2.05, 4.69) is 16.2 Å². The van der Waals surface area contributed by atoms with Crippen molar-refractivity contribution < 1.29 is 19.1 Å². The van der Waals surface area contributed by atoms with Gasteiger partial charge in [0.1, 0.15) is 5.75 Å². The molecule has 0 radical (unpaired) electrons. The number of hydrogen-bond acceptors (Lipinski definition) is 4. The van der Waals surface area contributed by atoms with Crippen LogP contribution in [-0.2, 0) is 9.59 Å². The van der Waals surface area contributed by atoms with Gasteiger partial charge in [-0.15, -0.1) is 0 Å². The first kappa shape index (κ1) is 20.3. The smallest absolute Gasteiger partial charge is 0.276 e. The standard InChI is InChI=1S/C19H20ClN3O4/c1-12-6-5-7-13(2)18(12)27-11-17(25)23-22-16(24)10-21-19(26)14-8-3-4-9-15(14)20/h3-9H,10-11H2,1-2H3,(H,21,26)(H,22,24)(H,23,25). The molecule has 3 N–H and O–H groups in total. The van der Waals surface area contributed by atoms with E-state index in [0.29, 0.717) is 5.75 Å². The minimum atomic E-state index is -0.587. The lowest BCUT2D eigenvalue weighted by Crippen LogP contribution is -2.47. The summed E-state index contributed by atoms with van der Waals surface area (Å²) in [5.41, 5.74) is 6.51. The molecule has 2 aromatic carbocycles. The molecule has 0 atom stereocenters. The second-order valence-corrected chi connectivity index (χ2v) is 6.18. The van der Waals surface area contributed by atoms with E-state index in [1.54, 1.807) is 24.3 Å². The van der Waals surface area contributed by atoms with Crippen LogP contribution in [0.1, 0.15) is 21.5 Å². The SMILES string of the molecule is Cc1cccc(C)c1OCC(=O)NNC(=O)CNC(=O)c1ccccc1Cl. The number of para-hydroxylation sites is 1. The predicted octanol–water partition coefficient (Wildman–Crippen LogP) is 1.91. The van der Waals surface area contributed by atoms with Gasteiger partial charge in [-0.25, -0.2) is 0 Å². The van der Waals surface area contributed by atoms with Crippen LogP contribution >= 0.6 is 11.6 Å². The second-order valence-electron chi connectivity index (χ2n) is 5.77. The Labute approximate surface area is 162 Å². The molecule has 3 amide bonds. The largest absolute Gasteiger partial charge is 0.483 e. The molecule has 0 aliphatic carbocycles. The van der Waals surface area contributed by atoms with Crippen LogP contribution in [0.5, 0.6) is 5.75 Å². The molecule has 8 heteroatoms. The van der Waals surface area contributed by atoms with Crippen LogP contribution in [0, 0.1) is 13.8 Å². The Morgan fingerprint density at radius 3 is 2.22 bits per heavy atom. The second kappa shape index (κ2) is 9.59. The summed E-state index contributed by atoms with van der Waals surface area (Å²) in [6, 6.07) is 12.1. The molecule has 0 heterocycles. The molecule has 0 spiro atoms. The molecule has 0 bridgehead atoms. The number of nitrogens with one attached hydrogen (secondary N) is 3. The van der Waals surface area contributed by atoms with Crippen molar-refractivity contribution in [1.82, 2.24) is 16.2 Å². The lowest BCUT2D eigenvalue weighted by atomic mass is 10.1. The van der Waals surface area contributed by atoms with Crippen LogP contribution in [0.4, 0.5) is 0 Å². The average Bonchev–Trinajstić information content (AvgIpc) is 2.64. The monoisotopic (exact) mass is 389 g/mol. The third kappa shape index (κ3) is 6.00. The molecule has 0 aliphatic heterocycles. The van der Waals surface area contributed by atoms with Gasteiger partial charge in [0.2, 0.25) is 0 Å². The predicted molar refractivity (Wildman–Crippen MR) is 101 cm³/mol. The number of hydrazine groups is 1. The Kier molecular flexibility index (Phi) is 7.19. The summed E-state index contributed by atoms with van der Waals surface area (Å²) >= 11 is 5.91. The van der Waals surface area contributed by atoms with E-state index < -0.39 is 17.7 Å². The summed E-state index contributed by atoms with van der Waals surface area (Å²) in [6.07, 6.45) is 0. The molecular weight excluding hydrogens is 370 g/mol. The summed E-state index contributed by atoms with van der Waals surface area (Å²) in [5.74, 6) is -0.967. The number of carbonyl (C=O) groups excluding carboxylic acids is 3. The van der Waals surface area contributed by atoms with E-state index in [1.807, 2.05) is 32.0 Å². The molecule has 0 saturated heterocycles. The molecule has 2 aromatic rings. The average molecular weight is 390 g/mol. The number of carbonyl (C=O) groups is 3. The van der Waals surface area contributed by atoms with E-state index in [0.717, 1.165) is 11.1 Å². The normalized spacial score (nSPS) is 10.0. The van der Waals surface area contributed by atoms with Gasteiger partial charge in [-0.3, -0.25) is 25.2 Å². The molecule has 0 saturated carbocycles. The van der Waals surface area contributed by atoms with Crippen molar-refractivity contribution >= 4 is 29.3 Å². The van der Waals surface area contributed by atoms with Gasteiger partial charge in [-0.05, 0) is 37.1 Å². The number of rotatable bonds is 6. The van der Waals surface area contributed by atoms with E-state index in [9.17, 15) is 14.4 Å². The number of benzene rings is 2. The van der Waals surface area contributed by atoms with Gasteiger partial charge in [-0.1, -0.05) is 41.9 Å². The topological polar surface area (TPSA) is 96.5 Å². The maximum Gasteiger partial charge on any atom is 0.276 e. The number of halogens is 1. The fourth-order valence-corrected chi connectivity index (χ4v) is 2.51. The van der Waals surface area contributed by atoms with Crippen LogP contribution in [0.25, 0.3) is 0 Å². The molecular formula is C19H20ClN3O4. The minimum Gasteiger partial charge on any atom is -0.483 e. The number of amides is 3. The molecule has 2 rings (SSSR count). The van der Waals surface area contributed by atoms with Crippen molar-refractivity contribution in [3.05, 3.63) is 64.2 Å². The number of aryl methyl sites for hydroxylation is 2. The summed E-state index contributed by atoms with van der Waals surface area (Å²) in [6.45, 7) is 3.19. The van der Waals surface area contributed by atoms with E-state index in [-0.39, 0.29) is 23.7 Å². The van der Waals surface area contributed by atoms with Crippen molar-refractivity contribution in [2.24, 2.45) is 0 Å². The van der Waals surface area contributed by atoms with Gasteiger partial charge in [-0.2, -0.15) is 0 Å². The van der Waals surface area contributed by atoms with Gasteiger partial charge >= 0.3 is 0 Å². The highest BCUT2D eigenvalue weighted by Crippen LogP contribution is 2.21. The summed E-state index contributed by atoms with van der Waals surface area (Å²) < 4.78 is 5.48. The summed E-state index contributed by atoms with van der Waals surface area (Å²) in [5, 5.41) is 2.70.